The van der Waals surface area contributed by atoms with Crippen molar-refractivity contribution in [3.8, 4) is 0 Å². The molecule has 1 radical (unpaired) electrons. The first-order chi connectivity index (χ1) is 8.61. The van der Waals surface area contributed by atoms with Crippen LogP contribution in [-0.2, 0) is 17.1 Å². The van der Waals surface area contributed by atoms with Crippen LogP contribution in [-0.4, -0.2) is 27.6 Å². The van der Waals surface area contributed by atoms with Gasteiger partial charge in [0, 0.05) is 17.1 Å². The van der Waals surface area contributed by atoms with Crippen LogP contribution in [0.15, 0.2) is 60.7 Å². The van der Waals surface area contributed by atoms with Crippen LogP contribution in [0.25, 0.3) is 0 Å². The van der Waals surface area contributed by atoms with E-state index in [2.05, 4.69) is 0 Å². The molecular weight excluding hydrogens is 312 g/mol. The van der Waals surface area contributed by atoms with E-state index in [1.165, 1.54) is 0 Å². The smallest absolute Gasteiger partial charge is 0.335 e. The van der Waals surface area contributed by atoms with Gasteiger partial charge in [-0.25, -0.2) is 9.59 Å². The van der Waals surface area contributed by atoms with Crippen molar-refractivity contribution in [2.75, 3.05) is 0 Å². The van der Waals surface area contributed by atoms with E-state index < -0.39 is 11.9 Å². The largest absolute Gasteiger partial charge is 0.478 e. The van der Waals surface area contributed by atoms with Crippen LogP contribution in [0.1, 0.15) is 20.7 Å². The summed E-state index contributed by atoms with van der Waals surface area (Å²) in [5.74, 6) is -1.76. The zero-order valence-electron chi connectivity index (χ0n) is 10.3. The molecule has 0 aliphatic rings. The van der Waals surface area contributed by atoms with Gasteiger partial charge in [-0.15, -0.1) is 0 Å². The van der Waals surface area contributed by atoms with E-state index in [-0.39, 0.29) is 22.5 Å². The Balaban J connectivity index is 0. The summed E-state index contributed by atoms with van der Waals surface area (Å²) in [5, 5.41) is 16.8. The van der Waals surface area contributed by atoms with Gasteiger partial charge in [0.2, 0.25) is 0 Å². The Morgan fingerprint density at radius 1 is 0.650 bits per heavy atom. The molecule has 20 heavy (non-hydrogen) atoms. The summed E-state index contributed by atoms with van der Waals surface area (Å²) in [6, 6.07) is 16.6. The molecule has 2 aromatic carbocycles. The first-order valence-corrected chi connectivity index (χ1v) is 5.18. The van der Waals surface area contributed by atoms with E-state index in [0.29, 0.717) is 11.1 Å². The maximum absolute atomic E-state index is 10.2. The summed E-state index contributed by atoms with van der Waals surface area (Å²) >= 11 is 0. The van der Waals surface area contributed by atoms with E-state index >= 15 is 0 Å². The molecule has 0 saturated carbocycles. The van der Waals surface area contributed by atoms with Crippen molar-refractivity contribution in [2.45, 2.75) is 0 Å². The first kappa shape index (κ1) is 20.2. The third-order valence-electron chi connectivity index (χ3n) is 2.04. The van der Waals surface area contributed by atoms with Gasteiger partial charge in [0.15, 0.2) is 0 Å². The predicted molar refractivity (Wildman–Crippen MR) is 70.4 cm³/mol. The van der Waals surface area contributed by atoms with E-state index in [1.807, 2.05) is 0 Å². The van der Waals surface area contributed by atoms with Gasteiger partial charge in [0.05, 0.1) is 11.1 Å². The van der Waals surface area contributed by atoms with Crippen LogP contribution < -0.4 is 0 Å². The Morgan fingerprint density at radius 2 is 0.900 bits per heavy atom. The van der Waals surface area contributed by atoms with Gasteiger partial charge in [0.1, 0.15) is 0 Å². The summed E-state index contributed by atoms with van der Waals surface area (Å²) in [6.07, 6.45) is 0. The number of rotatable bonds is 2. The summed E-state index contributed by atoms with van der Waals surface area (Å²) < 4.78 is 0. The summed E-state index contributed by atoms with van der Waals surface area (Å²) in [5.41, 5.74) is 0.662. The second kappa shape index (κ2) is 10.8. The van der Waals surface area contributed by atoms with Gasteiger partial charge in [-0.1, -0.05) is 36.4 Å². The normalized spacial score (nSPS) is 8.00. The average molecular weight is 326 g/mol. The average Bonchev–Trinajstić information content (AvgIpc) is 2.41. The number of benzene rings is 2. The summed E-state index contributed by atoms with van der Waals surface area (Å²) in [4.78, 5) is 20.4. The third kappa shape index (κ3) is 7.33. The second-order valence-electron chi connectivity index (χ2n) is 3.34. The van der Waals surface area contributed by atoms with Crippen LogP contribution in [0.4, 0.5) is 0 Å². The molecule has 6 heteroatoms. The molecule has 0 aliphatic heterocycles. The molecule has 0 bridgehead atoms. The molecule has 111 valence electrons. The van der Waals surface area contributed by atoms with Crippen LogP contribution >= 0.6 is 0 Å². The molecule has 0 atom stereocenters. The monoisotopic (exact) mass is 325 g/mol. The zero-order chi connectivity index (χ0) is 13.4. The van der Waals surface area contributed by atoms with Gasteiger partial charge < -0.3 is 15.7 Å². The number of hydrogen-bond donors (Lipinski definition) is 2. The molecule has 0 aliphatic carbocycles. The van der Waals surface area contributed by atoms with E-state index in [0.717, 1.165) is 0 Å². The molecule has 0 spiro atoms. The number of carboxylic acid groups (broad SMARTS) is 2. The molecule has 2 rings (SSSR count). The van der Waals surface area contributed by atoms with E-state index in [4.69, 9.17) is 10.2 Å². The van der Waals surface area contributed by atoms with Crippen molar-refractivity contribution >= 4 is 11.9 Å². The standard InChI is InChI=1S/2C7H6O2.Cu.H2O/c2*8-7(9)6-4-2-1-3-5-6;;/h2*1-5H,(H,8,9);;1H2. The molecule has 0 unspecified atom stereocenters. The first-order valence-electron chi connectivity index (χ1n) is 5.18. The Hall–Kier alpha value is -2.14. The third-order valence-corrected chi connectivity index (χ3v) is 2.04. The Morgan fingerprint density at radius 3 is 1.05 bits per heavy atom. The molecule has 0 saturated heterocycles. The number of hydrogen-bond acceptors (Lipinski definition) is 2. The second-order valence-corrected chi connectivity index (χ2v) is 3.34. The molecular formula is C14H14CuO5. The van der Waals surface area contributed by atoms with Gasteiger partial charge in [-0.3, -0.25) is 0 Å². The summed E-state index contributed by atoms with van der Waals surface area (Å²) in [6.45, 7) is 0. The molecule has 4 N–H and O–H groups in total. The maximum Gasteiger partial charge on any atom is 0.335 e. The fourth-order valence-corrected chi connectivity index (χ4v) is 1.16. The SMILES string of the molecule is O.O=C(O)c1ccccc1.O=C(O)c1ccccc1.[Cu]. The number of carbonyl (C=O) groups is 2. The predicted octanol–water partition coefficient (Wildman–Crippen LogP) is 1.94. The van der Waals surface area contributed by atoms with Crippen LogP contribution in [0.5, 0.6) is 0 Å². The van der Waals surface area contributed by atoms with Gasteiger partial charge in [-0.2, -0.15) is 0 Å². The van der Waals surface area contributed by atoms with Crippen molar-refractivity contribution < 1.29 is 42.3 Å². The van der Waals surface area contributed by atoms with Crippen molar-refractivity contribution in [1.29, 1.82) is 0 Å². The van der Waals surface area contributed by atoms with Crippen molar-refractivity contribution in [2.24, 2.45) is 0 Å². The van der Waals surface area contributed by atoms with Gasteiger partial charge >= 0.3 is 11.9 Å². The Labute approximate surface area is 126 Å². The quantitative estimate of drug-likeness (QED) is 0.823. The van der Waals surface area contributed by atoms with E-state index in [9.17, 15) is 9.59 Å². The Bertz CT molecular complexity index is 464. The minimum absolute atomic E-state index is 0. The number of carboxylic acids is 2. The molecule has 5 nitrogen and oxygen atoms in total. The van der Waals surface area contributed by atoms with Crippen molar-refractivity contribution in [1.82, 2.24) is 0 Å². The summed E-state index contributed by atoms with van der Waals surface area (Å²) in [7, 11) is 0. The van der Waals surface area contributed by atoms with Crippen LogP contribution in [0.3, 0.4) is 0 Å². The molecule has 0 fully saturated rings. The fourth-order valence-electron chi connectivity index (χ4n) is 1.16. The molecule has 0 heterocycles. The van der Waals surface area contributed by atoms with Crippen molar-refractivity contribution in [3.63, 3.8) is 0 Å². The number of aromatic carboxylic acids is 2. The van der Waals surface area contributed by atoms with Crippen molar-refractivity contribution in [3.05, 3.63) is 71.8 Å². The minimum Gasteiger partial charge on any atom is -0.478 e. The molecule has 0 amide bonds. The zero-order valence-corrected chi connectivity index (χ0v) is 11.2. The topological polar surface area (TPSA) is 106 Å². The molecule has 2 aromatic rings. The molecule has 0 aromatic heterocycles. The van der Waals surface area contributed by atoms with Gasteiger partial charge in [0.25, 0.3) is 0 Å². The van der Waals surface area contributed by atoms with Crippen LogP contribution in [0, 0.1) is 0 Å². The minimum atomic E-state index is -0.879. The Kier molecular flexibility index (Phi) is 10.9. The fraction of sp³-hybridized carbons (Fsp3) is 0. The van der Waals surface area contributed by atoms with E-state index in [1.54, 1.807) is 60.7 Å². The maximum atomic E-state index is 10.2. The van der Waals surface area contributed by atoms with Crippen LogP contribution in [0.2, 0.25) is 0 Å². The van der Waals surface area contributed by atoms with Gasteiger partial charge in [-0.05, 0) is 24.3 Å².